The van der Waals surface area contributed by atoms with Crippen molar-refractivity contribution in [2.45, 2.75) is 6.54 Å². The number of nitrogens with one attached hydrogen (secondary N) is 2. The molecule has 0 unspecified atom stereocenters. The standard InChI is InChI=1S/C18H17BrN4OS/c1-24-17-7-3-6-16(9-17)22-18(25)21-15-5-2-4-13(8-15)11-23-12-14(19)10-20-23/h2-10,12H,11H2,1H3,(H2,21,22,25). The Morgan fingerprint density at radius 1 is 1.16 bits per heavy atom. The maximum Gasteiger partial charge on any atom is 0.175 e. The summed E-state index contributed by atoms with van der Waals surface area (Å²) in [5, 5.41) is 11.1. The first-order valence-corrected chi connectivity index (χ1v) is 8.81. The van der Waals surface area contributed by atoms with Crippen LogP contribution in [0.15, 0.2) is 65.4 Å². The highest BCUT2D eigenvalue weighted by Crippen LogP contribution is 2.18. The Bertz CT molecular complexity index is 881. The fraction of sp³-hybridized carbons (Fsp3) is 0.111. The van der Waals surface area contributed by atoms with Crippen LogP contribution in [0.2, 0.25) is 0 Å². The number of halogens is 1. The molecule has 0 aliphatic carbocycles. The van der Waals surface area contributed by atoms with Crippen molar-refractivity contribution in [2.24, 2.45) is 0 Å². The van der Waals surface area contributed by atoms with Crippen molar-refractivity contribution in [3.63, 3.8) is 0 Å². The molecular weight excluding hydrogens is 400 g/mol. The van der Waals surface area contributed by atoms with Crippen molar-refractivity contribution in [1.29, 1.82) is 0 Å². The van der Waals surface area contributed by atoms with Crippen molar-refractivity contribution in [2.75, 3.05) is 17.7 Å². The summed E-state index contributed by atoms with van der Waals surface area (Å²) in [7, 11) is 1.64. The number of anilines is 2. The van der Waals surface area contributed by atoms with E-state index < -0.39 is 0 Å². The van der Waals surface area contributed by atoms with Gasteiger partial charge in [-0.25, -0.2) is 0 Å². The van der Waals surface area contributed by atoms with Crippen molar-refractivity contribution in [3.8, 4) is 5.75 Å². The van der Waals surface area contributed by atoms with Crippen LogP contribution in [-0.2, 0) is 6.54 Å². The van der Waals surface area contributed by atoms with Gasteiger partial charge in [0.15, 0.2) is 5.11 Å². The molecule has 0 bridgehead atoms. The lowest BCUT2D eigenvalue weighted by Crippen LogP contribution is -2.19. The van der Waals surface area contributed by atoms with Crippen LogP contribution in [0.25, 0.3) is 0 Å². The number of ether oxygens (including phenoxy) is 1. The number of aromatic nitrogens is 2. The second-order valence-corrected chi connectivity index (χ2v) is 6.69. The lowest BCUT2D eigenvalue weighted by atomic mass is 10.2. The molecule has 0 atom stereocenters. The van der Waals surface area contributed by atoms with Crippen molar-refractivity contribution in [1.82, 2.24) is 9.78 Å². The quantitative estimate of drug-likeness (QED) is 0.599. The minimum atomic E-state index is 0.521. The number of hydrogen-bond acceptors (Lipinski definition) is 3. The van der Waals surface area contributed by atoms with Crippen LogP contribution in [0.5, 0.6) is 5.75 Å². The molecule has 0 aliphatic heterocycles. The third-order valence-corrected chi connectivity index (χ3v) is 4.07. The van der Waals surface area contributed by atoms with Gasteiger partial charge in [0.05, 0.1) is 24.3 Å². The summed E-state index contributed by atoms with van der Waals surface area (Å²) in [5.74, 6) is 0.778. The fourth-order valence-electron chi connectivity index (χ4n) is 2.35. The third kappa shape index (κ3) is 5.04. The number of hydrogen-bond donors (Lipinski definition) is 2. The molecule has 0 saturated carbocycles. The Hall–Kier alpha value is -2.38. The highest BCUT2D eigenvalue weighted by atomic mass is 79.9. The molecule has 0 radical (unpaired) electrons. The van der Waals surface area contributed by atoms with Crippen molar-refractivity contribution >= 4 is 44.6 Å². The van der Waals surface area contributed by atoms with Crippen LogP contribution in [-0.4, -0.2) is 22.0 Å². The predicted octanol–water partition coefficient (Wildman–Crippen LogP) is 4.51. The Labute approximate surface area is 160 Å². The molecule has 25 heavy (non-hydrogen) atoms. The summed E-state index contributed by atoms with van der Waals surface area (Å²) in [6.07, 6.45) is 3.71. The van der Waals surface area contributed by atoms with Gasteiger partial charge in [0.1, 0.15) is 5.75 Å². The summed E-state index contributed by atoms with van der Waals surface area (Å²) >= 11 is 8.79. The second kappa shape index (κ2) is 8.13. The third-order valence-electron chi connectivity index (χ3n) is 3.46. The summed E-state index contributed by atoms with van der Waals surface area (Å²) in [4.78, 5) is 0. The van der Waals surface area contributed by atoms with Gasteiger partial charge in [0, 0.05) is 23.6 Å². The number of nitrogens with zero attached hydrogens (tertiary/aromatic N) is 2. The monoisotopic (exact) mass is 416 g/mol. The molecule has 1 heterocycles. The average Bonchev–Trinajstić information content (AvgIpc) is 3.00. The molecule has 2 aromatic carbocycles. The van der Waals surface area contributed by atoms with Gasteiger partial charge in [-0.3, -0.25) is 4.68 Å². The van der Waals surface area contributed by atoms with E-state index in [1.54, 1.807) is 13.3 Å². The smallest absolute Gasteiger partial charge is 0.175 e. The Morgan fingerprint density at radius 2 is 1.88 bits per heavy atom. The van der Waals surface area contributed by atoms with E-state index >= 15 is 0 Å². The highest BCUT2D eigenvalue weighted by molar-refractivity contribution is 9.10. The maximum absolute atomic E-state index is 5.39. The Kier molecular flexibility index (Phi) is 5.67. The second-order valence-electron chi connectivity index (χ2n) is 5.37. The maximum atomic E-state index is 5.39. The minimum Gasteiger partial charge on any atom is -0.497 e. The lowest BCUT2D eigenvalue weighted by Gasteiger charge is -2.12. The highest BCUT2D eigenvalue weighted by Gasteiger charge is 2.03. The topological polar surface area (TPSA) is 51.1 Å². The Morgan fingerprint density at radius 3 is 2.56 bits per heavy atom. The number of methoxy groups -OCH3 is 1. The molecule has 0 amide bonds. The van der Waals surface area contributed by atoms with Gasteiger partial charge in [-0.05, 0) is 58.0 Å². The molecule has 5 nitrogen and oxygen atoms in total. The summed E-state index contributed by atoms with van der Waals surface area (Å²) in [5.41, 5.74) is 2.92. The minimum absolute atomic E-state index is 0.521. The van der Waals surface area contributed by atoms with Crippen LogP contribution in [0.1, 0.15) is 5.56 Å². The van der Waals surface area contributed by atoms with Gasteiger partial charge in [0.25, 0.3) is 0 Å². The van der Waals surface area contributed by atoms with Gasteiger partial charge in [-0.2, -0.15) is 5.10 Å². The summed E-state index contributed by atoms with van der Waals surface area (Å²) in [6, 6.07) is 15.7. The molecule has 0 spiro atoms. The molecule has 0 saturated heterocycles. The van der Waals surface area contributed by atoms with E-state index in [4.69, 9.17) is 17.0 Å². The first-order chi connectivity index (χ1) is 12.1. The zero-order chi connectivity index (χ0) is 17.6. The number of thiocarbonyl (C=S) groups is 1. The fourth-order valence-corrected chi connectivity index (χ4v) is 2.92. The van der Waals surface area contributed by atoms with Gasteiger partial charge >= 0.3 is 0 Å². The van der Waals surface area contributed by atoms with Crippen molar-refractivity contribution in [3.05, 3.63) is 71.0 Å². The van der Waals surface area contributed by atoms with E-state index in [1.165, 1.54) is 0 Å². The zero-order valence-corrected chi connectivity index (χ0v) is 16.0. The SMILES string of the molecule is COc1cccc(NC(=S)Nc2cccc(Cn3cc(Br)cn3)c2)c1. The normalized spacial score (nSPS) is 10.3. The zero-order valence-electron chi connectivity index (χ0n) is 13.6. The summed E-state index contributed by atoms with van der Waals surface area (Å²) < 4.78 is 8.05. The van der Waals surface area contributed by atoms with E-state index in [1.807, 2.05) is 47.3 Å². The molecule has 7 heteroatoms. The van der Waals surface area contributed by atoms with E-state index in [2.05, 4.69) is 43.8 Å². The van der Waals surface area contributed by atoms with Gasteiger partial charge in [-0.15, -0.1) is 0 Å². The van der Waals surface area contributed by atoms with Gasteiger partial charge in [-0.1, -0.05) is 18.2 Å². The molecule has 2 N–H and O–H groups in total. The van der Waals surface area contributed by atoms with E-state index in [-0.39, 0.29) is 0 Å². The number of rotatable bonds is 5. The van der Waals surface area contributed by atoms with Gasteiger partial charge < -0.3 is 15.4 Å². The number of benzene rings is 2. The van der Waals surface area contributed by atoms with Crippen LogP contribution >= 0.6 is 28.1 Å². The van der Waals surface area contributed by atoms with Crippen molar-refractivity contribution < 1.29 is 4.74 Å². The molecule has 1 aromatic heterocycles. The van der Waals surface area contributed by atoms with E-state index in [9.17, 15) is 0 Å². The van der Waals surface area contributed by atoms with E-state index in [0.29, 0.717) is 11.7 Å². The Balaban J connectivity index is 1.63. The molecule has 0 aliphatic rings. The molecular formula is C18H17BrN4OS. The first kappa shape index (κ1) is 17.4. The average molecular weight is 417 g/mol. The summed E-state index contributed by atoms with van der Waals surface area (Å²) in [6.45, 7) is 0.692. The predicted molar refractivity (Wildman–Crippen MR) is 108 cm³/mol. The van der Waals surface area contributed by atoms with Crippen LogP contribution in [0.4, 0.5) is 11.4 Å². The first-order valence-electron chi connectivity index (χ1n) is 7.61. The van der Waals surface area contributed by atoms with Gasteiger partial charge in [0.2, 0.25) is 0 Å². The molecule has 3 aromatic rings. The molecule has 128 valence electrons. The molecule has 0 fully saturated rings. The van der Waals surface area contributed by atoms with Crippen LogP contribution in [0, 0.1) is 0 Å². The van der Waals surface area contributed by atoms with Crippen LogP contribution in [0.3, 0.4) is 0 Å². The van der Waals surface area contributed by atoms with E-state index in [0.717, 1.165) is 27.2 Å². The lowest BCUT2D eigenvalue weighted by molar-refractivity contribution is 0.415. The largest absolute Gasteiger partial charge is 0.497 e. The van der Waals surface area contributed by atoms with Crippen LogP contribution < -0.4 is 15.4 Å². The molecule has 3 rings (SSSR count).